The van der Waals surface area contributed by atoms with E-state index in [9.17, 15) is 0 Å². The van der Waals surface area contributed by atoms with Gasteiger partial charge in [-0.3, -0.25) is 4.90 Å². The van der Waals surface area contributed by atoms with Crippen molar-refractivity contribution in [2.24, 2.45) is 11.3 Å². The standard InChI is InChI=1S/C14H28N2/c1-11-9-13(5-7-15-11)16-8-6-12(10-16)14(2,3)4/h11-13,15H,5-10H2,1-4H3. The third kappa shape index (κ3) is 2.78. The van der Waals surface area contributed by atoms with E-state index < -0.39 is 0 Å². The molecule has 2 saturated heterocycles. The predicted octanol–water partition coefficient (Wildman–Crippen LogP) is 2.49. The zero-order valence-corrected chi connectivity index (χ0v) is 11.4. The Morgan fingerprint density at radius 3 is 2.50 bits per heavy atom. The molecule has 2 aliphatic rings. The summed E-state index contributed by atoms with van der Waals surface area (Å²) in [5.74, 6) is 0.901. The number of hydrogen-bond donors (Lipinski definition) is 1. The van der Waals surface area contributed by atoms with E-state index in [1.165, 1.54) is 38.9 Å². The van der Waals surface area contributed by atoms with Crippen molar-refractivity contribution in [1.82, 2.24) is 10.2 Å². The zero-order chi connectivity index (χ0) is 11.8. The lowest BCUT2D eigenvalue weighted by molar-refractivity contribution is 0.155. The molecule has 2 nitrogen and oxygen atoms in total. The van der Waals surface area contributed by atoms with Crippen LogP contribution >= 0.6 is 0 Å². The summed E-state index contributed by atoms with van der Waals surface area (Å²) in [6, 6.07) is 1.57. The molecule has 2 heterocycles. The van der Waals surface area contributed by atoms with Crippen molar-refractivity contribution in [2.75, 3.05) is 19.6 Å². The Morgan fingerprint density at radius 2 is 1.94 bits per heavy atom. The maximum absolute atomic E-state index is 3.55. The second kappa shape index (κ2) is 4.66. The summed E-state index contributed by atoms with van der Waals surface area (Å²) in [5.41, 5.74) is 0.493. The van der Waals surface area contributed by atoms with Gasteiger partial charge in [-0.15, -0.1) is 0 Å². The first kappa shape index (κ1) is 12.4. The lowest BCUT2D eigenvalue weighted by atomic mass is 9.80. The van der Waals surface area contributed by atoms with Crippen LogP contribution in [-0.2, 0) is 0 Å². The van der Waals surface area contributed by atoms with Crippen LogP contribution < -0.4 is 5.32 Å². The van der Waals surface area contributed by atoms with Crippen molar-refractivity contribution in [1.29, 1.82) is 0 Å². The Labute approximate surface area is 101 Å². The van der Waals surface area contributed by atoms with Crippen LogP contribution in [0, 0.1) is 11.3 Å². The highest BCUT2D eigenvalue weighted by molar-refractivity contribution is 4.90. The maximum Gasteiger partial charge on any atom is 0.0122 e. The van der Waals surface area contributed by atoms with E-state index in [0.29, 0.717) is 11.5 Å². The minimum absolute atomic E-state index is 0.493. The van der Waals surface area contributed by atoms with E-state index in [1.54, 1.807) is 0 Å². The van der Waals surface area contributed by atoms with E-state index in [0.717, 1.165) is 12.0 Å². The summed E-state index contributed by atoms with van der Waals surface area (Å²) < 4.78 is 0. The molecule has 0 aromatic rings. The Morgan fingerprint density at radius 1 is 1.19 bits per heavy atom. The quantitative estimate of drug-likeness (QED) is 0.736. The average molecular weight is 224 g/mol. The summed E-state index contributed by atoms with van der Waals surface area (Å²) >= 11 is 0. The first-order valence-corrected chi connectivity index (χ1v) is 6.94. The van der Waals surface area contributed by atoms with E-state index in [4.69, 9.17) is 0 Å². The molecule has 94 valence electrons. The summed E-state index contributed by atoms with van der Waals surface area (Å²) in [6.45, 7) is 13.4. The van der Waals surface area contributed by atoms with Crippen molar-refractivity contribution in [2.45, 2.75) is 59.0 Å². The van der Waals surface area contributed by atoms with Gasteiger partial charge >= 0.3 is 0 Å². The fraction of sp³-hybridized carbons (Fsp3) is 1.00. The van der Waals surface area contributed by atoms with Crippen LogP contribution in [0.2, 0.25) is 0 Å². The largest absolute Gasteiger partial charge is 0.314 e. The first-order chi connectivity index (χ1) is 7.47. The maximum atomic E-state index is 3.55. The minimum Gasteiger partial charge on any atom is -0.314 e. The molecule has 2 rings (SSSR count). The number of nitrogens with zero attached hydrogens (tertiary/aromatic N) is 1. The summed E-state index contributed by atoms with van der Waals surface area (Å²) in [7, 11) is 0. The predicted molar refractivity (Wildman–Crippen MR) is 69.6 cm³/mol. The van der Waals surface area contributed by atoms with Gasteiger partial charge < -0.3 is 5.32 Å². The fourth-order valence-electron chi connectivity index (χ4n) is 3.26. The second-order valence-electron chi connectivity index (χ2n) is 6.88. The fourth-order valence-corrected chi connectivity index (χ4v) is 3.26. The molecule has 1 N–H and O–H groups in total. The third-order valence-corrected chi connectivity index (χ3v) is 4.56. The highest BCUT2D eigenvalue weighted by Gasteiger charge is 2.35. The highest BCUT2D eigenvalue weighted by atomic mass is 15.2. The van der Waals surface area contributed by atoms with Gasteiger partial charge in [-0.1, -0.05) is 20.8 Å². The Bertz CT molecular complexity index is 231. The number of hydrogen-bond acceptors (Lipinski definition) is 2. The molecule has 0 aromatic heterocycles. The summed E-state index contributed by atoms with van der Waals surface area (Å²) in [4.78, 5) is 2.76. The minimum atomic E-state index is 0.493. The average Bonchev–Trinajstić information content (AvgIpc) is 2.65. The highest BCUT2D eigenvalue weighted by Crippen LogP contribution is 2.35. The number of piperidine rings is 1. The van der Waals surface area contributed by atoms with Gasteiger partial charge in [-0.2, -0.15) is 0 Å². The van der Waals surface area contributed by atoms with E-state index in [-0.39, 0.29) is 0 Å². The molecule has 0 bridgehead atoms. The van der Waals surface area contributed by atoms with Crippen LogP contribution in [0.4, 0.5) is 0 Å². The van der Waals surface area contributed by atoms with E-state index in [2.05, 4.69) is 37.9 Å². The van der Waals surface area contributed by atoms with Gasteiger partial charge in [0.2, 0.25) is 0 Å². The van der Waals surface area contributed by atoms with Gasteiger partial charge in [0, 0.05) is 18.6 Å². The molecule has 2 fully saturated rings. The lowest BCUT2D eigenvalue weighted by Crippen LogP contribution is -2.46. The van der Waals surface area contributed by atoms with Crippen molar-refractivity contribution in [3.8, 4) is 0 Å². The van der Waals surface area contributed by atoms with Gasteiger partial charge in [0.25, 0.3) is 0 Å². The number of nitrogens with one attached hydrogen (secondary N) is 1. The van der Waals surface area contributed by atoms with Gasteiger partial charge in [-0.25, -0.2) is 0 Å². The van der Waals surface area contributed by atoms with Crippen molar-refractivity contribution in [3.63, 3.8) is 0 Å². The molecule has 0 amide bonds. The number of likely N-dealkylation sites (tertiary alicyclic amines) is 1. The second-order valence-corrected chi connectivity index (χ2v) is 6.88. The Hall–Kier alpha value is -0.0800. The van der Waals surface area contributed by atoms with Crippen LogP contribution in [-0.4, -0.2) is 36.6 Å². The van der Waals surface area contributed by atoms with Crippen LogP contribution in [0.5, 0.6) is 0 Å². The van der Waals surface area contributed by atoms with Gasteiger partial charge in [0.1, 0.15) is 0 Å². The van der Waals surface area contributed by atoms with Crippen LogP contribution in [0.3, 0.4) is 0 Å². The van der Waals surface area contributed by atoms with Crippen LogP contribution in [0.25, 0.3) is 0 Å². The molecule has 0 aliphatic carbocycles. The lowest BCUT2D eigenvalue weighted by Gasteiger charge is -2.35. The molecular weight excluding hydrogens is 196 g/mol. The Balaban J connectivity index is 1.88. The number of rotatable bonds is 1. The summed E-state index contributed by atoms with van der Waals surface area (Å²) in [6.07, 6.45) is 4.10. The topological polar surface area (TPSA) is 15.3 Å². The third-order valence-electron chi connectivity index (χ3n) is 4.56. The van der Waals surface area contributed by atoms with E-state index in [1.807, 2.05) is 0 Å². The molecular formula is C14H28N2. The molecule has 3 unspecified atom stereocenters. The van der Waals surface area contributed by atoms with Crippen LogP contribution in [0.15, 0.2) is 0 Å². The van der Waals surface area contributed by atoms with Crippen LogP contribution in [0.1, 0.15) is 47.0 Å². The molecule has 2 aliphatic heterocycles. The van der Waals surface area contributed by atoms with Gasteiger partial charge in [-0.05, 0) is 50.6 Å². The molecule has 2 heteroatoms. The smallest absolute Gasteiger partial charge is 0.0122 e. The molecule has 3 atom stereocenters. The molecule has 0 aromatic carbocycles. The molecule has 0 saturated carbocycles. The van der Waals surface area contributed by atoms with Crippen molar-refractivity contribution in [3.05, 3.63) is 0 Å². The van der Waals surface area contributed by atoms with Gasteiger partial charge in [0.05, 0.1) is 0 Å². The molecule has 0 spiro atoms. The van der Waals surface area contributed by atoms with Gasteiger partial charge in [0.15, 0.2) is 0 Å². The first-order valence-electron chi connectivity index (χ1n) is 6.94. The zero-order valence-electron chi connectivity index (χ0n) is 11.4. The normalized spacial score (nSPS) is 37.9. The van der Waals surface area contributed by atoms with Crippen molar-refractivity contribution < 1.29 is 0 Å². The monoisotopic (exact) mass is 224 g/mol. The Kier molecular flexibility index (Phi) is 3.60. The SMILES string of the molecule is CC1CC(N2CCC(C(C)(C)C)C2)CCN1. The molecule has 16 heavy (non-hydrogen) atoms. The summed E-state index contributed by atoms with van der Waals surface area (Å²) in [5, 5.41) is 3.55. The van der Waals surface area contributed by atoms with Crippen molar-refractivity contribution >= 4 is 0 Å². The van der Waals surface area contributed by atoms with E-state index >= 15 is 0 Å². The molecule has 0 radical (unpaired) electrons.